The Labute approximate surface area is 198 Å². The molecule has 0 spiro atoms. The lowest BCUT2D eigenvalue weighted by molar-refractivity contribution is -0.143. The van der Waals surface area contributed by atoms with Crippen molar-refractivity contribution in [2.24, 2.45) is 11.8 Å². The highest BCUT2D eigenvalue weighted by Gasteiger charge is 2.34. The third-order valence-electron chi connectivity index (χ3n) is 6.56. The second-order valence-corrected chi connectivity index (χ2v) is 8.92. The molecule has 0 aromatic heterocycles. The van der Waals surface area contributed by atoms with Gasteiger partial charge in [0.1, 0.15) is 6.61 Å². The maximum absolute atomic E-state index is 12.5. The van der Waals surface area contributed by atoms with E-state index in [1.54, 1.807) is 0 Å². The van der Waals surface area contributed by atoms with E-state index in [1.165, 1.54) is 18.2 Å². The van der Waals surface area contributed by atoms with Crippen molar-refractivity contribution in [2.75, 3.05) is 26.9 Å². The van der Waals surface area contributed by atoms with Gasteiger partial charge in [-0.25, -0.2) is 9.59 Å². The van der Waals surface area contributed by atoms with Crippen molar-refractivity contribution >= 4 is 18.0 Å². The molecule has 1 fully saturated rings. The first-order valence-electron chi connectivity index (χ1n) is 11.6. The summed E-state index contributed by atoms with van der Waals surface area (Å²) in [6.07, 6.45) is 1.60. The van der Waals surface area contributed by atoms with E-state index in [9.17, 15) is 19.5 Å². The smallest absolute Gasteiger partial charge is 0.407 e. The molecule has 2 amide bonds. The summed E-state index contributed by atoms with van der Waals surface area (Å²) in [5, 5.41) is 14.5. The van der Waals surface area contributed by atoms with E-state index >= 15 is 0 Å². The lowest BCUT2D eigenvalue weighted by Gasteiger charge is -2.19. The Morgan fingerprint density at radius 1 is 1.03 bits per heavy atom. The number of carbonyl (C=O) groups is 3. The number of alkyl carbamates (subject to hydrolysis) is 1. The predicted molar refractivity (Wildman–Crippen MR) is 125 cm³/mol. The first-order valence-corrected chi connectivity index (χ1v) is 11.6. The monoisotopic (exact) mass is 466 g/mol. The normalized spacial score (nSPS) is 16.1. The van der Waals surface area contributed by atoms with Crippen LogP contribution in [0.15, 0.2) is 48.5 Å². The maximum atomic E-state index is 12.5. The molecular weight excluding hydrogens is 436 g/mol. The molecule has 8 nitrogen and oxygen atoms in total. The van der Waals surface area contributed by atoms with Crippen LogP contribution in [-0.2, 0) is 19.1 Å². The van der Waals surface area contributed by atoms with Crippen LogP contribution in [0.2, 0.25) is 0 Å². The Morgan fingerprint density at radius 3 is 2.21 bits per heavy atom. The van der Waals surface area contributed by atoms with Crippen LogP contribution in [0.4, 0.5) is 4.79 Å². The lowest BCUT2D eigenvalue weighted by atomic mass is 9.98. The number of hydrogen-bond acceptors (Lipinski definition) is 5. The van der Waals surface area contributed by atoms with Gasteiger partial charge in [0.15, 0.2) is 6.04 Å². The van der Waals surface area contributed by atoms with Crippen LogP contribution in [0.5, 0.6) is 0 Å². The van der Waals surface area contributed by atoms with Crippen molar-refractivity contribution in [3.63, 3.8) is 0 Å². The van der Waals surface area contributed by atoms with E-state index in [4.69, 9.17) is 9.47 Å². The highest BCUT2D eigenvalue weighted by molar-refractivity contribution is 5.84. The summed E-state index contributed by atoms with van der Waals surface area (Å²) >= 11 is 0. The standard InChI is InChI=1S/C26H30N2O6/c1-33-15-23(25(30)31)28-24(29)12-17(16-10-11-16)13-27-26(32)34-14-22-20-8-4-2-6-18(20)19-7-3-5-9-21(19)22/h2-9,16-17,22-23H,10-15H2,1H3,(H,27,32)(H,28,29)(H,30,31). The summed E-state index contributed by atoms with van der Waals surface area (Å²) in [6.45, 7) is 0.426. The highest BCUT2D eigenvalue weighted by atomic mass is 16.5. The molecule has 0 bridgehead atoms. The predicted octanol–water partition coefficient (Wildman–Crippen LogP) is 3.16. The number of carboxylic acids is 1. The van der Waals surface area contributed by atoms with Gasteiger partial charge in [0.2, 0.25) is 5.91 Å². The zero-order valence-electron chi connectivity index (χ0n) is 19.2. The molecule has 2 aliphatic carbocycles. The number of amides is 2. The largest absolute Gasteiger partial charge is 0.480 e. The van der Waals surface area contributed by atoms with Gasteiger partial charge in [-0.3, -0.25) is 4.79 Å². The van der Waals surface area contributed by atoms with Crippen LogP contribution in [-0.4, -0.2) is 56.0 Å². The number of hydrogen-bond donors (Lipinski definition) is 3. The molecule has 4 rings (SSSR count). The topological polar surface area (TPSA) is 114 Å². The summed E-state index contributed by atoms with van der Waals surface area (Å²) in [4.78, 5) is 36.1. The van der Waals surface area contributed by atoms with Gasteiger partial charge in [-0.15, -0.1) is 0 Å². The van der Waals surface area contributed by atoms with E-state index in [1.807, 2.05) is 24.3 Å². The highest BCUT2D eigenvalue weighted by Crippen LogP contribution is 2.44. The number of aliphatic carboxylic acids is 1. The molecule has 0 saturated heterocycles. The minimum Gasteiger partial charge on any atom is -0.480 e. The number of fused-ring (bicyclic) bond motifs is 3. The fraction of sp³-hybridized carbons (Fsp3) is 0.423. The lowest BCUT2D eigenvalue weighted by Crippen LogP contribution is -2.45. The third-order valence-corrected chi connectivity index (χ3v) is 6.56. The molecule has 3 N–H and O–H groups in total. The SMILES string of the molecule is COCC(NC(=O)CC(CNC(=O)OCC1c2ccccc2-c2ccccc21)C1CC1)C(=O)O. The van der Waals surface area contributed by atoms with Gasteiger partial charge in [-0.1, -0.05) is 48.5 Å². The number of nitrogens with one attached hydrogen (secondary N) is 2. The quantitative estimate of drug-likeness (QED) is 0.469. The fourth-order valence-electron chi connectivity index (χ4n) is 4.67. The van der Waals surface area contributed by atoms with Crippen molar-refractivity contribution in [1.82, 2.24) is 10.6 Å². The van der Waals surface area contributed by atoms with Crippen molar-refractivity contribution < 1.29 is 29.0 Å². The number of carboxylic acid groups (broad SMARTS) is 1. The van der Waals surface area contributed by atoms with Gasteiger partial charge in [0, 0.05) is 26.0 Å². The van der Waals surface area contributed by atoms with Gasteiger partial charge >= 0.3 is 12.1 Å². The number of ether oxygens (including phenoxy) is 2. The van der Waals surface area contributed by atoms with Gasteiger partial charge < -0.3 is 25.2 Å². The fourth-order valence-corrected chi connectivity index (χ4v) is 4.67. The molecule has 2 unspecified atom stereocenters. The zero-order chi connectivity index (χ0) is 24.1. The summed E-state index contributed by atoms with van der Waals surface area (Å²) in [6, 6.07) is 15.2. The van der Waals surface area contributed by atoms with Gasteiger partial charge in [0.05, 0.1) is 6.61 Å². The molecule has 0 aliphatic heterocycles. The van der Waals surface area contributed by atoms with Crippen molar-refractivity contribution in [3.05, 3.63) is 59.7 Å². The molecule has 180 valence electrons. The van der Waals surface area contributed by atoms with Crippen LogP contribution >= 0.6 is 0 Å². The maximum Gasteiger partial charge on any atom is 0.407 e. The Hall–Kier alpha value is -3.39. The molecule has 0 heterocycles. The van der Waals surface area contributed by atoms with E-state index in [-0.39, 0.29) is 37.4 Å². The van der Waals surface area contributed by atoms with Crippen LogP contribution < -0.4 is 10.6 Å². The molecular formula is C26H30N2O6. The minimum atomic E-state index is -1.14. The van der Waals surface area contributed by atoms with Gasteiger partial charge in [-0.2, -0.15) is 0 Å². The number of methoxy groups -OCH3 is 1. The van der Waals surface area contributed by atoms with Crippen molar-refractivity contribution in [1.29, 1.82) is 0 Å². The number of rotatable bonds is 11. The molecule has 1 saturated carbocycles. The van der Waals surface area contributed by atoms with E-state index in [0.29, 0.717) is 12.5 Å². The van der Waals surface area contributed by atoms with Crippen LogP contribution in [0.25, 0.3) is 11.1 Å². The number of carbonyl (C=O) groups excluding carboxylic acids is 2. The molecule has 34 heavy (non-hydrogen) atoms. The summed E-state index contributed by atoms with van der Waals surface area (Å²) in [5.41, 5.74) is 4.63. The van der Waals surface area contributed by atoms with Crippen LogP contribution in [0.1, 0.15) is 36.3 Å². The van der Waals surface area contributed by atoms with Crippen LogP contribution in [0.3, 0.4) is 0 Å². The van der Waals surface area contributed by atoms with Crippen LogP contribution in [0, 0.1) is 11.8 Å². The summed E-state index contributed by atoms with van der Waals surface area (Å²) in [5.74, 6) is -1.26. The summed E-state index contributed by atoms with van der Waals surface area (Å²) < 4.78 is 10.4. The molecule has 2 aromatic rings. The number of benzene rings is 2. The Bertz CT molecular complexity index is 1010. The van der Waals surface area contributed by atoms with Crippen molar-refractivity contribution in [2.45, 2.75) is 31.2 Å². The van der Waals surface area contributed by atoms with Crippen molar-refractivity contribution in [3.8, 4) is 11.1 Å². The third kappa shape index (κ3) is 5.56. The van der Waals surface area contributed by atoms with Gasteiger partial charge in [0.25, 0.3) is 0 Å². The molecule has 2 aromatic carbocycles. The molecule has 2 atom stereocenters. The first kappa shape index (κ1) is 23.8. The summed E-state index contributed by atoms with van der Waals surface area (Å²) in [7, 11) is 1.38. The molecule has 8 heteroatoms. The van der Waals surface area contributed by atoms with Gasteiger partial charge in [-0.05, 0) is 46.9 Å². The second-order valence-electron chi connectivity index (χ2n) is 8.92. The average molecular weight is 467 g/mol. The Morgan fingerprint density at radius 2 is 1.65 bits per heavy atom. The molecule has 2 aliphatic rings. The van der Waals surface area contributed by atoms with E-state index < -0.39 is 18.1 Å². The zero-order valence-corrected chi connectivity index (χ0v) is 19.2. The first-order chi connectivity index (χ1) is 16.5. The Kier molecular flexibility index (Phi) is 7.47. The second kappa shape index (κ2) is 10.7. The average Bonchev–Trinajstić information content (AvgIpc) is 3.63. The Balaban J connectivity index is 1.29. The van der Waals surface area contributed by atoms with E-state index in [0.717, 1.165) is 24.0 Å². The van der Waals surface area contributed by atoms with E-state index in [2.05, 4.69) is 34.9 Å². The minimum absolute atomic E-state index is 0.0168. The molecule has 0 radical (unpaired) electrons.